The number of hydrogen-bond donors (Lipinski definition) is 8. The first-order valence-electron chi connectivity index (χ1n) is 17.7. The third-order valence-corrected chi connectivity index (χ3v) is 9.34. The maximum atomic E-state index is 13.7. The number of para-hydroxylation sites is 2. The molecule has 0 spiro atoms. The predicted octanol–water partition coefficient (Wildman–Crippen LogP) is 4.25. The van der Waals surface area contributed by atoms with Gasteiger partial charge in [0, 0.05) is 47.4 Å². The standard InChI is InChI=1S/C41H44N8O6/c1-23(55-28-14-12-24(13-15-28)34(17-42)48-36-26(21-50)19-45-38-30(36)8-4-10-32(38)40(44)52)47-41(53)33-11-5-9-31-37(27(22-51)20-46-39(31)33)49-35(18-43)25-6-3-7-29(16-25)54-2/h3-16,19-20,23,34-35,50-51H,17-18,21-22,42-43H2,1-2H3,(H2,44,52)(H,45,48)(H,46,49)(H,47,53). The van der Waals surface area contributed by atoms with Crippen molar-refractivity contribution in [3.63, 3.8) is 0 Å². The van der Waals surface area contributed by atoms with E-state index in [2.05, 4.69) is 25.9 Å². The number of benzene rings is 4. The minimum atomic E-state index is -0.726. The minimum Gasteiger partial charge on any atom is -0.497 e. The van der Waals surface area contributed by atoms with Gasteiger partial charge in [-0.2, -0.15) is 0 Å². The molecule has 2 aromatic heterocycles. The lowest BCUT2D eigenvalue weighted by atomic mass is 10.0. The molecular weight excluding hydrogens is 701 g/mol. The Morgan fingerprint density at radius 1 is 0.727 bits per heavy atom. The van der Waals surface area contributed by atoms with Crippen LogP contribution in [0, 0.1) is 0 Å². The van der Waals surface area contributed by atoms with Gasteiger partial charge in [-0.3, -0.25) is 19.6 Å². The van der Waals surface area contributed by atoms with Crippen LogP contribution >= 0.6 is 0 Å². The number of aliphatic hydroxyl groups excluding tert-OH is 2. The van der Waals surface area contributed by atoms with Crippen LogP contribution in [0.15, 0.2) is 97.3 Å². The highest BCUT2D eigenvalue weighted by Crippen LogP contribution is 2.34. The van der Waals surface area contributed by atoms with Crippen molar-refractivity contribution in [1.29, 1.82) is 0 Å². The molecule has 11 N–H and O–H groups in total. The molecule has 0 aliphatic heterocycles. The molecule has 0 aliphatic rings. The molecule has 14 heteroatoms. The number of hydrogen-bond acceptors (Lipinski definition) is 12. The van der Waals surface area contributed by atoms with Gasteiger partial charge in [0.2, 0.25) is 0 Å². The first-order valence-corrected chi connectivity index (χ1v) is 17.7. The van der Waals surface area contributed by atoms with Crippen molar-refractivity contribution in [1.82, 2.24) is 15.3 Å². The number of rotatable bonds is 16. The normalized spacial score (nSPS) is 12.8. The van der Waals surface area contributed by atoms with Gasteiger partial charge in [-0.05, 0) is 54.4 Å². The molecule has 2 amide bonds. The largest absolute Gasteiger partial charge is 0.497 e. The Bertz CT molecular complexity index is 2320. The van der Waals surface area contributed by atoms with Crippen molar-refractivity contribution < 1.29 is 29.3 Å². The number of aliphatic hydroxyl groups is 2. The van der Waals surface area contributed by atoms with E-state index in [-0.39, 0.29) is 44.0 Å². The molecule has 284 valence electrons. The van der Waals surface area contributed by atoms with Gasteiger partial charge in [0.05, 0.1) is 65.9 Å². The van der Waals surface area contributed by atoms with E-state index in [1.54, 1.807) is 62.7 Å². The number of nitrogens with zero attached hydrogens (tertiary/aromatic N) is 2. The van der Waals surface area contributed by atoms with Crippen LogP contribution in [-0.2, 0) is 13.2 Å². The average Bonchev–Trinajstić information content (AvgIpc) is 3.21. The zero-order valence-corrected chi connectivity index (χ0v) is 30.5. The van der Waals surface area contributed by atoms with Crippen LogP contribution in [0.3, 0.4) is 0 Å². The Kier molecular flexibility index (Phi) is 12.0. The highest BCUT2D eigenvalue weighted by atomic mass is 16.5. The minimum absolute atomic E-state index is 0.209. The number of ether oxygens (including phenoxy) is 2. The van der Waals surface area contributed by atoms with Gasteiger partial charge in [-0.1, -0.05) is 48.5 Å². The fourth-order valence-electron chi connectivity index (χ4n) is 6.53. The Morgan fingerprint density at radius 3 is 1.82 bits per heavy atom. The SMILES string of the molecule is COc1cccc(C(CN)Nc2c(CO)cnc3c(C(=O)NC(C)Oc4ccc(C(CN)Nc5c(CO)cnc6c(C(N)=O)cccc56)cc4)cccc23)c1. The molecule has 3 atom stereocenters. The van der Waals surface area contributed by atoms with Crippen molar-refractivity contribution in [2.45, 2.75) is 38.4 Å². The lowest BCUT2D eigenvalue weighted by Gasteiger charge is -2.23. The first-order chi connectivity index (χ1) is 26.7. The van der Waals surface area contributed by atoms with Gasteiger partial charge in [-0.15, -0.1) is 0 Å². The first kappa shape index (κ1) is 38.4. The summed E-state index contributed by atoms with van der Waals surface area (Å²) >= 11 is 0. The number of nitrogens with two attached hydrogens (primary N) is 3. The van der Waals surface area contributed by atoms with Crippen LogP contribution in [-0.4, -0.2) is 58.4 Å². The second kappa shape index (κ2) is 17.2. The third kappa shape index (κ3) is 8.27. The summed E-state index contributed by atoms with van der Waals surface area (Å²) < 4.78 is 11.5. The molecule has 0 saturated carbocycles. The van der Waals surface area contributed by atoms with Gasteiger partial charge >= 0.3 is 0 Å². The molecular formula is C41H44N8O6. The number of anilines is 2. The molecule has 0 aliphatic carbocycles. The zero-order valence-electron chi connectivity index (χ0n) is 30.5. The topological polar surface area (TPSA) is 233 Å². The van der Waals surface area contributed by atoms with E-state index in [9.17, 15) is 19.8 Å². The molecule has 4 aromatic carbocycles. The number of fused-ring (bicyclic) bond motifs is 2. The third-order valence-electron chi connectivity index (χ3n) is 9.34. The van der Waals surface area contributed by atoms with E-state index < -0.39 is 18.0 Å². The Balaban J connectivity index is 1.17. The van der Waals surface area contributed by atoms with E-state index in [0.717, 1.165) is 11.1 Å². The highest BCUT2D eigenvalue weighted by Gasteiger charge is 2.21. The average molecular weight is 745 g/mol. The fourth-order valence-corrected chi connectivity index (χ4v) is 6.53. The molecule has 0 radical (unpaired) electrons. The van der Waals surface area contributed by atoms with Crippen LogP contribution in [0.5, 0.6) is 11.5 Å². The van der Waals surface area contributed by atoms with Gasteiger partial charge < -0.3 is 52.8 Å². The molecule has 0 saturated heterocycles. The van der Waals surface area contributed by atoms with Crippen molar-refractivity contribution in [3.8, 4) is 11.5 Å². The van der Waals surface area contributed by atoms with Crippen LogP contribution in [0.2, 0.25) is 0 Å². The lowest BCUT2D eigenvalue weighted by Crippen LogP contribution is -2.36. The molecule has 55 heavy (non-hydrogen) atoms. The lowest BCUT2D eigenvalue weighted by molar-refractivity contribution is 0.0852. The van der Waals surface area contributed by atoms with E-state index in [1.807, 2.05) is 42.5 Å². The van der Waals surface area contributed by atoms with Gasteiger partial charge in [0.15, 0.2) is 6.23 Å². The van der Waals surface area contributed by atoms with E-state index in [0.29, 0.717) is 61.4 Å². The van der Waals surface area contributed by atoms with Crippen molar-refractivity contribution >= 4 is 45.0 Å². The number of nitrogens with one attached hydrogen (secondary N) is 3. The Hall–Kier alpha value is -6.32. The molecule has 6 rings (SSSR count). The monoisotopic (exact) mass is 744 g/mol. The van der Waals surface area contributed by atoms with Crippen LogP contribution < -0.4 is 42.6 Å². The number of pyridine rings is 2. The number of primary amides is 1. The number of carbonyl (C=O) groups is 2. The quantitative estimate of drug-likeness (QED) is 0.0650. The maximum Gasteiger partial charge on any atom is 0.256 e. The second-order valence-electron chi connectivity index (χ2n) is 12.8. The smallest absolute Gasteiger partial charge is 0.256 e. The highest BCUT2D eigenvalue weighted by molar-refractivity contribution is 6.09. The summed E-state index contributed by atoms with van der Waals surface area (Å²) in [7, 11) is 1.60. The van der Waals surface area contributed by atoms with Crippen molar-refractivity contribution in [2.75, 3.05) is 30.8 Å². The van der Waals surface area contributed by atoms with Gasteiger partial charge in [0.25, 0.3) is 11.8 Å². The van der Waals surface area contributed by atoms with E-state index in [4.69, 9.17) is 26.7 Å². The Morgan fingerprint density at radius 2 is 1.27 bits per heavy atom. The molecule has 14 nitrogen and oxygen atoms in total. The van der Waals surface area contributed by atoms with Crippen molar-refractivity contribution in [3.05, 3.63) is 131 Å². The molecule has 6 aromatic rings. The number of aromatic nitrogens is 2. The van der Waals surface area contributed by atoms with Gasteiger partial charge in [0.1, 0.15) is 11.5 Å². The van der Waals surface area contributed by atoms with E-state index in [1.165, 1.54) is 6.20 Å². The predicted molar refractivity (Wildman–Crippen MR) is 212 cm³/mol. The molecule has 2 heterocycles. The molecule has 3 unspecified atom stereocenters. The summed E-state index contributed by atoms with van der Waals surface area (Å²) in [5.41, 5.74) is 23.5. The fraction of sp³-hybridized carbons (Fsp3) is 0.220. The summed E-state index contributed by atoms with van der Waals surface area (Å²) in [5, 5.41) is 31.3. The summed E-state index contributed by atoms with van der Waals surface area (Å²) in [4.78, 5) is 34.6. The summed E-state index contributed by atoms with van der Waals surface area (Å²) in [6.45, 7) is 1.63. The van der Waals surface area contributed by atoms with E-state index >= 15 is 0 Å². The summed E-state index contributed by atoms with van der Waals surface area (Å²) in [5.74, 6) is 0.192. The molecule has 0 bridgehead atoms. The maximum absolute atomic E-state index is 13.7. The number of carbonyl (C=O) groups excluding carboxylic acids is 2. The summed E-state index contributed by atoms with van der Waals surface area (Å²) in [6.07, 6.45) is 2.33. The number of amides is 2. The summed E-state index contributed by atoms with van der Waals surface area (Å²) in [6, 6.07) is 24.5. The molecule has 0 fully saturated rings. The van der Waals surface area contributed by atoms with Crippen molar-refractivity contribution in [2.24, 2.45) is 17.2 Å². The van der Waals surface area contributed by atoms with Crippen LogP contribution in [0.1, 0.15) is 62.0 Å². The second-order valence-corrected chi connectivity index (χ2v) is 12.8. The van der Waals surface area contributed by atoms with Crippen LogP contribution in [0.4, 0.5) is 11.4 Å². The van der Waals surface area contributed by atoms with Crippen LogP contribution in [0.25, 0.3) is 21.8 Å². The zero-order chi connectivity index (χ0) is 39.1. The Labute approximate surface area is 317 Å². The number of methoxy groups -OCH3 is 1. The van der Waals surface area contributed by atoms with Gasteiger partial charge in [-0.25, -0.2) is 0 Å².